The van der Waals surface area contributed by atoms with Gasteiger partial charge < -0.3 is 10.2 Å². The first-order valence-electron chi connectivity index (χ1n) is 9.97. The molecule has 3 rings (SSSR count). The van der Waals surface area contributed by atoms with Crippen molar-refractivity contribution in [1.29, 1.82) is 0 Å². The summed E-state index contributed by atoms with van der Waals surface area (Å²) >= 11 is 1.34. The molecule has 0 spiro atoms. The number of aromatic nitrogens is 3. The normalized spacial score (nSPS) is 16.1. The van der Waals surface area contributed by atoms with Crippen molar-refractivity contribution in [1.82, 2.24) is 19.9 Å². The monoisotopic (exact) mass is 391 g/mol. The molecular weight excluding hydrogens is 362 g/mol. The lowest BCUT2D eigenvalue weighted by atomic mass is 9.97. The van der Waals surface area contributed by atoms with Gasteiger partial charge in [0.2, 0.25) is 16.0 Å². The molecular formula is C19H29N5O2S. The second kappa shape index (κ2) is 9.30. The third kappa shape index (κ3) is 5.28. The first-order valence-corrected chi connectivity index (χ1v) is 10.8. The molecule has 0 saturated heterocycles. The number of carbonyl (C=O) groups excluding carboxylic acids is 1. The highest BCUT2D eigenvalue weighted by Gasteiger charge is 2.18. The molecule has 0 atom stereocenters. The topological polar surface area (TPSA) is 79.6 Å². The van der Waals surface area contributed by atoms with Gasteiger partial charge in [0.05, 0.1) is 6.54 Å². The third-order valence-electron chi connectivity index (χ3n) is 4.97. The number of hydrogen-bond donors (Lipinski definition) is 1. The van der Waals surface area contributed by atoms with Crippen LogP contribution >= 0.6 is 11.3 Å². The molecule has 0 unspecified atom stereocenters. The highest BCUT2D eigenvalue weighted by atomic mass is 32.1. The zero-order valence-electron chi connectivity index (χ0n) is 16.2. The molecule has 2 heterocycles. The van der Waals surface area contributed by atoms with Crippen LogP contribution in [0, 0.1) is 0 Å². The molecule has 0 radical (unpaired) electrons. The van der Waals surface area contributed by atoms with Gasteiger partial charge in [0, 0.05) is 24.8 Å². The van der Waals surface area contributed by atoms with Gasteiger partial charge in [-0.1, -0.05) is 56.8 Å². The molecule has 148 valence electrons. The number of hydrogen-bond acceptors (Lipinski definition) is 6. The molecule has 0 aromatic carbocycles. The average Bonchev–Trinajstić information content (AvgIpc) is 3.02. The largest absolute Gasteiger partial charge is 0.352 e. The Bertz CT molecular complexity index is 823. The second-order valence-electron chi connectivity index (χ2n) is 7.38. The number of anilines is 1. The number of aryl methyl sites for hydroxylation is 1. The van der Waals surface area contributed by atoms with Gasteiger partial charge in [0.25, 0.3) is 5.56 Å². The fraction of sp³-hybridized carbons (Fsp3) is 0.684. The highest BCUT2D eigenvalue weighted by molar-refractivity contribution is 7.20. The molecule has 1 saturated carbocycles. The summed E-state index contributed by atoms with van der Waals surface area (Å²) < 4.78 is 1.32. The summed E-state index contributed by atoms with van der Waals surface area (Å²) in [5, 5.41) is 8.14. The van der Waals surface area contributed by atoms with E-state index in [1.807, 2.05) is 7.05 Å². The minimum atomic E-state index is -0.168. The maximum atomic E-state index is 12.5. The molecule has 1 amide bonds. The summed E-state index contributed by atoms with van der Waals surface area (Å²) in [7, 11) is 1.83. The van der Waals surface area contributed by atoms with E-state index in [1.165, 1.54) is 48.0 Å². The van der Waals surface area contributed by atoms with Crippen molar-refractivity contribution in [3.8, 4) is 0 Å². The van der Waals surface area contributed by atoms with E-state index in [0.717, 1.165) is 31.4 Å². The van der Waals surface area contributed by atoms with Crippen LogP contribution in [-0.4, -0.2) is 40.1 Å². The second-order valence-corrected chi connectivity index (χ2v) is 8.31. The molecule has 27 heavy (non-hydrogen) atoms. The minimum Gasteiger partial charge on any atom is -0.352 e. The summed E-state index contributed by atoms with van der Waals surface area (Å²) in [5.41, 5.74) is 0.626. The van der Waals surface area contributed by atoms with Gasteiger partial charge in [-0.3, -0.25) is 9.59 Å². The number of carbonyl (C=O) groups is 1. The molecule has 8 heteroatoms. The number of rotatable bonds is 6. The summed E-state index contributed by atoms with van der Waals surface area (Å²) in [6.07, 6.45) is 10.1. The number of nitrogens with zero attached hydrogens (tertiary/aromatic N) is 4. The predicted octanol–water partition coefficient (Wildman–Crippen LogP) is 2.77. The quantitative estimate of drug-likeness (QED) is 0.819. The van der Waals surface area contributed by atoms with E-state index < -0.39 is 0 Å². The van der Waals surface area contributed by atoms with Crippen molar-refractivity contribution in [2.75, 3.05) is 18.5 Å². The molecule has 2 aromatic rings. The Morgan fingerprint density at radius 2 is 2.00 bits per heavy atom. The molecule has 0 bridgehead atoms. The molecule has 1 aliphatic rings. The van der Waals surface area contributed by atoms with E-state index in [0.29, 0.717) is 10.1 Å². The zero-order chi connectivity index (χ0) is 19.2. The lowest BCUT2D eigenvalue weighted by Gasteiger charge is -2.22. The minimum absolute atomic E-state index is 0.00862. The van der Waals surface area contributed by atoms with Crippen LogP contribution in [0.5, 0.6) is 0 Å². The van der Waals surface area contributed by atoms with Crippen molar-refractivity contribution < 1.29 is 4.79 Å². The van der Waals surface area contributed by atoms with Gasteiger partial charge in [-0.05, 0) is 19.3 Å². The first-order chi connectivity index (χ1) is 13.1. The number of fused-ring (bicyclic) bond motifs is 1. The van der Waals surface area contributed by atoms with Gasteiger partial charge in [0.15, 0.2) is 0 Å². The Hall–Kier alpha value is -1.96. The maximum Gasteiger partial charge on any atom is 0.275 e. The summed E-state index contributed by atoms with van der Waals surface area (Å²) in [4.78, 5) is 31.6. The van der Waals surface area contributed by atoms with Crippen LogP contribution in [0.2, 0.25) is 0 Å². The van der Waals surface area contributed by atoms with E-state index >= 15 is 0 Å². The van der Waals surface area contributed by atoms with E-state index in [-0.39, 0.29) is 24.1 Å². The van der Waals surface area contributed by atoms with E-state index in [1.54, 1.807) is 11.0 Å². The Kier molecular flexibility index (Phi) is 6.82. The standard InChI is InChI=1S/C19H29N5O2S/c1-3-9-15-12-17(26)24-18(21-15)27-19(22-24)23(2)13-16(25)20-14-10-7-5-4-6-8-11-14/h12,14H,3-11,13H2,1-2H3,(H,20,25). The third-order valence-corrected chi connectivity index (χ3v) is 5.99. The summed E-state index contributed by atoms with van der Waals surface area (Å²) in [5.74, 6) is 0.00862. The molecule has 0 aliphatic heterocycles. The van der Waals surface area contributed by atoms with Crippen LogP contribution < -0.4 is 15.8 Å². The number of likely N-dealkylation sites (N-methyl/N-ethyl adjacent to an activating group) is 1. The van der Waals surface area contributed by atoms with E-state index in [9.17, 15) is 9.59 Å². The first kappa shape index (κ1) is 19.8. The van der Waals surface area contributed by atoms with Gasteiger partial charge in [-0.2, -0.15) is 4.52 Å². The van der Waals surface area contributed by atoms with Crippen LogP contribution in [0.3, 0.4) is 0 Å². The van der Waals surface area contributed by atoms with Crippen molar-refractivity contribution >= 4 is 27.3 Å². The Labute approximate surface area is 163 Å². The van der Waals surface area contributed by atoms with Crippen molar-refractivity contribution in [3.05, 3.63) is 22.1 Å². The van der Waals surface area contributed by atoms with Crippen molar-refractivity contribution in [2.24, 2.45) is 0 Å². The van der Waals surface area contributed by atoms with Gasteiger partial charge in [0.1, 0.15) is 0 Å². The van der Waals surface area contributed by atoms with Gasteiger partial charge in [-0.25, -0.2) is 4.98 Å². The van der Waals surface area contributed by atoms with Crippen LogP contribution in [0.1, 0.15) is 64.0 Å². The van der Waals surface area contributed by atoms with Gasteiger partial charge in [-0.15, -0.1) is 5.10 Å². The van der Waals surface area contributed by atoms with Crippen molar-refractivity contribution in [3.63, 3.8) is 0 Å². The van der Waals surface area contributed by atoms with Crippen LogP contribution in [-0.2, 0) is 11.2 Å². The Morgan fingerprint density at radius 3 is 2.70 bits per heavy atom. The van der Waals surface area contributed by atoms with Crippen LogP contribution in [0.4, 0.5) is 5.13 Å². The summed E-state index contributed by atoms with van der Waals surface area (Å²) in [6.45, 7) is 2.29. The Balaban J connectivity index is 1.64. The predicted molar refractivity (Wildman–Crippen MR) is 109 cm³/mol. The molecule has 7 nitrogen and oxygen atoms in total. The fourth-order valence-corrected chi connectivity index (χ4v) is 4.43. The SMILES string of the molecule is CCCc1cc(=O)n2nc(N(C)CC(=O)NC3CCCCCCC3)sc2n1. The van der Waals surface area contributed by atoms with Crippen molar-refractivity contribution in [2.45, 2.75) is 70.8 Å². The van der Waals surface area contributed by atoms with E-state index in [4.69, 9.17) is 0 Å². The molecule has 1 aliphatic carbocycles. The summed E-state index contributed by atoms with van der Waals surface area (Å²) in [6, 6.07) is 1.82. The van der Waals surface area contributed by atoms with Gasteiger partial charge >= 0.3 is 0 Å². The van der Waals surface area contributed by atoms with E-state index in [2.05, 4.69) is 22.3 Å². The lowest BCUT2D eigenvalue weighted by Crippen LogP contribution is -2.41. The Morgan fingerprint density at radius 1 is 1.30 bits per heavy atom. The number of nitrogens with one attached hydrogen (secondary N) is 1. The number of amides is 1. The van der Waals surface area contributed by atoms with Crippen LogP contribution in [0.25, 0.3) is 4.96 Å². The maximum absolute atomic E-state index is 12.5. The molecule has 2 aromatic heterocycles. The molecule has 1 N–H and O–H groups in total. The zero-order valence-corrected chi connectivity index (χ0v) is 17.1. The fourth-order valence-electron chi connectivity index (χ4n) is 3.54. The van der Waals surface area contributed by atoms with Crippen LogP contribution in [0.15, 0.2) is 10.9 Å². The molecule has 1 fully saturated rings. The lowest BCUT2D eigenvalue weighted by molar-refractivity contribution is -0.120. The average molecular weight is 392 g/mol. The highest BCUT2D eigenvalue weighted by Crippen LogP contribution is 2.21. The smallest absolute Gasteiger partial charge is 0.275 e.